The molecule has 0 aliphatic rings. The standard InChI is InChI=1S/C18H36O2.C2H4/c1-3-5-7-9-11-12-14-16-18(19)20-17-15-13-10-8-6-4-2;1-2/h3-17H2,1-2H3;1-2H2. The van der Waals surface area contributed by atoms with Gasteiger partial charge in [0, 0.05) is 6.42 Å². The van der Waals surface area contributed by atoms with Gasteiger partial charge in [-0.25, -0.2) is 0 Å². The largest absolute Gasteiger partial charge is 0.466 e. The van der Waals surface area contributed by atoms with Crippen molar-refractivity contribution >= 4 is 5.97 Å². The molecule has 0 saturated carbocycles. The Kier molecular flexibility index (Phi) is 24.0. The molecule has 0 bridgehead atoms. The molecule has 0 radical (unpaired) electrons. The minimum Gasteiger partial charge on any atom is -0.466 e. The molecule has 22 heavy (non-hydrogen) atoms. The Balaban J connectivity index is 0. The van der Waals surface area contributed by atoms with Gasteiger partial charge in [0.2, 0.25) is 0 Å². The Hall–Kier alpha value is -0.790. The molecule has 0 amide bonds. The summed E-state index contributed by atoms with van der Waals surface area (Å²) in [4.78, 5) is 11.5. The van der Waals surface area contributed by atoms with Gasteiger partial charge in [0.25, 0.3) is 0 Å². The lowest BCUT2D eigenvalue weighted by Crippen LogP contribution is -2.05. The van der Waals surface area contributed by atoms with E-state index in [1.54, 1.807) is 0 Å². The SMILES string of the molecule is C=C.CCCCCCCCCC(=O)OCCCCCCCC. The fraction of sp³-hybridized carbons (Fsp3) is 0.850. The maximum Gasteiger partial charge on any atom is 0.305 e. The van der Waals surface area contributed by atoms with Crippen molar-refractivity contribution in [1.29, 1.82) is 0 Å². The van der Waals surface area contributed by atoms with E-state index in [1.807, 2.05) is 0 Å². The number of carbonyl (C=O) groups is 1. The zero-order valence-electron chi connectivity index (χ0n) is 15.3. The van der Waals surface area contributed by atoms with Gasteiger partial charge in [-0.2, -0.15) is 0 Å². The van der Waals surface area contributed by atoms with Crippen LogP contribution in [0.2, 0.25) is 0 Å². The molecule has 0 fully saturated rings. The van der Waals surface area contributed by atoms with Gasteiger partial charge in [0.15, 0.2) is 0 Å². The average molecular weight is 313 g/mol. The number of carbonyl (C=O) groups excluding carboxylic acids is 1. The highest BCUT2D eigenvalue weighted by Crippen LogP contribution is 2.09. The van der Waals surface area contributed by atoms with Crippen LogP contribution in [0.1, 0.15) is 104 Å². The van der Waals surface area contributed by atoms with E-state index in [2.05, 4.69) is 27.0 Å². The van der Waals surface area contributed by atoms with Crippen LogP contribution in [0.15, 0.2) is 13.2 Å². The number of ether oxygens (including phenoxy) is 1. The summed E-state index contributed by atoms with van der Waals surface area (Å²) >= 11 is 0. The lowest BCUT2D eigenvalue weighted by Gasteiger charge is -2.05. The predicted octanol–water partition coefficient (Wildman–Crippen LogP) is 6.83. The van der Waals surface area contributed by atoms with E-state index in [9.17, 15) is 4.79 Å². The van der Waals surface area contributed by atoms with Crippen molar-refractivity contribution in [2.45, 2.75) is 104 Å². The van der Waals surface area contributed by atoms with E-state index in [-0.39, 0.29) is 5.97 Å². The topological polar surface area (TPSA) is 26.3 Å². The van der Waals surface area contributed by atoms with E-state index < -0.39 is 0 Å². The fourth-order valence-electron chi connectivity index (χ4n) is 2.37. The molecule has 0 saturated heterocycles. The number of rotatable bonds is 15. The van der Waals surface area contributed by atoms with Crippen LogP contribution >= 0.6 is 0 Å². The molecule has 0 aromatic rings. The summed E-state index contributed by atoms with van der Waals surface area (Å²) in [5, 5.41) is 0. The predicted molar refractivity (Wildman–Crippen MR) is 98.2 cm³/mol. The van der Waals surface area contributed by atoms with Crippen molar-refractivity contribution in [3.05, 3.63) is 13.2 Å². The minimum atomic E-state index is 0.00659. The van der Waals surface area contributed by atoms with Crippen LogP contribution in [0.4, 0.5) is 0 Å². The minimum absolute atomic E-state index is 0.00659. The van der Waals surface area contributed by atoms with Crippen molar-refractivity contribution in [2.24, 2.45) is 0 Å². The molecule has 0 N–H and O–H groups in total. The van der Waals surface area contributed by atoms with Gasteiger partial charge < -0.3 is 4.74 Å². The monoisotopic (exact) mass is 312 g/mol. The summed E-state index contributed by atoms with van der Waals surface area (Å²) in [5.41, 5.74) is 0. The van der Waals surface area contributed by atoms with Crippen LogP contribution in [0.5, 0.6) is 0 Å². The highest BCUT2D eigenvalue weighted by Gasteiger charge is 2.02. The normalized spacial score (nSPS) is 9.91. The molecular weight excluding hydrogens is 272 g/mol. The first-order valence-electron chi connectivity index (χ1n) is 9.46. The first kappa shape index (κ1) is 23.5. The summed E-state index contributed by atoms with van der Waals surface area (Å²) in [7, 11) is 0. The summed E-state index contributed by atoms with van der Waals surface area (Å²) < 4.78 is 5.25. The van der Waals surface area contributed by atoms with E-state index in [4.69, 9.17) is 4.74 Å². The lowest BCUT2D eigenvalue weighted by atomic mass is 10.1. The number of unbranched alkanes of at least 4 members (excludes halogenated alkanes) is 11. The summed E-state index contributed by atoms with van der Waals surface area (Å²) in [6, 6.07) is 0. The second-order valence-electron chi connectivity index (χ2n) is 5.86. The highest BCUT2D eigenvalue weighted by atomic mass is 16.5. The first-order chi connectivity index (χ1) is 10.8. The van der Waals surface area contributed by atoms with Gasteiger partial charge in [0.1, 0.15) is 0 Å². The molecule has 0 atom stereocenters. The quantitative estimate of drug-likeness (QED) is 0.188. The highest BCUT2D eigenvalue weighted by molar-refractivity contribution is 5.69. The third kappa shape index (κ3) is 21.5. The van der Waals surface area contributed by atoms with Gasteiger partial charge >= 0.3 is 5.97 Å². The third-order valence-corrected chi connectivity index (χ3v) is 3.75. The van der Waals surface area contributed by atoms with Gasteiger partial charge in [-0.1, -0.05) is 84.5 Å². The van der Waals surface area contributed by atoms with Gasteiger partial charge in [-0.3, -0.25) is 4.79 Å². The number of hydrogen-bond acceptors (Lipinski definition) is 2. The van der Waals surface area contributed by atoms with Crippen molar-refractivity contribution in [2.75, 3.05) is 6.61 Å². The van der Waals surface area contributed by atoms with Crippen LogP contribution in [0, 0.1) is 0 Å². The first-order valence-corrected chi connectivity index (χ1v) is 9.46. The van der Waals surface area contributed by atoms with Crippen LogP contribution in [0.3, 0.4) is 0 Å². The van der Waals surface area contributed by atoms with Crippen molar-refractivity contribution < 1.29 is 9.53 Å². The molecule has 0 heterocycles. The Morgan fingerprint density at radius 1 is 0.682 bits per heavy atom. The second kappa shape index (κ2) is 22.5. The van der Waals surface area contributed by atoms with Crippen molar-refractivity contribution in [1.82, 2.24) is 0 Å². The molecule has 2 nitrogen and oxygen atoms in total. The van der Waals surface area contributed by atoms with Crippen LogP contribution in [-0.2, 0) is 9.53 Å². The maximum atomic E-state index is 11.5. The zero-order valence-corrected chi connectivity index (χ0v) is 15.3. The molecule has 0 aromatic carbocycles. The van der Waals surface area contributed by atoms with E-state index in [0.717, 1.165) is 12.8 Å². The van der Waals surface area contributed by atoms with Crippen molar-refractivity contribution in [3.63, 3.8) is 0 Å². The van der Waals surface area contributed by atoms with E-state index in [0.29, 0.717) is 13.0 Å². The molecule has 0 aliphatic carbocycles. The third-order valence-electron chi connectivity index (χ3n) is 3.75. The fourth-order valence-corrected chi connectivity index (χ4v) is 2.37. The van der Waals surface area contributed by atoms with Crippen LogP contribution in [-0.4, -0.2) is 12.6 Å². The molecule has 0 aliphatic heterocycles. The lowest BCUT2D eigenvalue weighted by molar-refractivity contribution is -0.143. The number of hydrogen-bond donors (Lipinski definition) is 0. The Morgan fingerprint density at radius 2 is 1.09 bits per heavy atom. The molecule has 0 rings (SSSR count). The van der Waals surface area contributed by atoms with Gasteiger partial charge in [-0.05, 0) is 12.8 Å². The Bertz CT molecular complexity index is 194. The summed E-state index contributed by atoms with van der Waals surface area (Å²) in [6.45, 7) is 11.1. The molecule has 2 heteroatoms. The Morgan fingerprint density at radius 3 is 1.59 bits per heavy atom. The Labute approximate surface area is 139 Å². The van der Waals surface area contributed by atoms with Crippen LogP contribution < -0.4 is 0 Å². The average Bonchev–Trinajstić information content (AvgIpc) is 2.55. The van der Waals surface area contributed by atoms with E-state index >= 15 is 0 Å². The van der Waals surface area contributed by atoms with Crippen molar-refractivity contribution in [3.8, 4) is 0 Å². The molecule has 132 valence electrons. The molecular formula is C20H40O2. The van der Waals surface area contributed by atoms with Gasteiger partial charge in [0.05, 0.1) is 6.61 Å². The maximum absolute atomic E-state index is 11.5. The molecule has 0 spiro atoms. The summed E-state index contributed by atoms with van der Waals surface area (Å²) in [5.74, 6) is 0.00659. The summed E-state index contributed by atoms with van der Waals surface area (Å²) in [6.07, 6.45) is 16.8. The smallest absolute Gasteiger partial charge is 0.305 e. The van der Waals surface area contributed by atoms with Crippen LogP contribution in [0.25, 0.3) is 0 Å². The molecule has 0 unspecified atom stereocenters. The van der Waals surface area contributed by atoms with E-state index in [1.165, 1.54) is 70.6 Å². The zero-order chi connectivity index (χ0) is 16.9. The number of esters is 1. The second-order valence-corrected chi connectivity index (χ2v) is 5.86. The molecule has 0 aromatic heterocycles. The van der Waals surface area contributed by atoms with Gasteiger partial charge in [-0.15, -0.1) is 13.2 Å².